The zero-order valence-electron chi connectivity index (χ0n) is 13.1. The first kappa shape index (κ1) is 16.4. The average molecular weight is 402 g/mol. The number of hydrogen-bond donors (Lipinski definition) is 1. The minimum absolute atomic E-state index is 0.00202. The van der Waals surface area contributed by atoms with E-state index >= 15 is 0 Å². The van der Waals surface area contributed by atoms with E-state index in [4.69, 9.17) is 0 Å². The molecule has 4 fully saturated rings. The van der Waals surface area contributed by atoms with Crippen LogP contribution in [0.3, 0.4) is 0 Å². The molecule has 4 bridgehead atoms. The second kappa shape index (κ2) is 5.23. The lowest BCUT2D eigenvalue weighted by atomic mass is 9.49. The topological polar surface area (TPSA) is 29.1 Å². The number of rotatable bonds is 2. The number of anilines is 1. The predicted molar refractivity (Wildman–Crippen MR) is 88.8 cm³/mol. The van der Waals surface area contributed by atoms with Crippen molar-refractivity contribution in [3.05, 3.63) is 29.8 Å². The highest BCUT2D eigenvalue weighted by Gasteiger charge is 2.59. The van der Waals surface area contributed by atoms with Gasteiger partial charge in [-0.25, -0.2) is 0 Å². The van der Waals surface area contributed by atoms with Gasteiger partial charge in [0.05, 0.1) is 16.7 Å². The van der Waals surface area contributed by atoms with Gasteiger partial charge in [0.25, 0.3) is 0 Å². The monoisotopic (exact) mass is 401 g/mol. The molecule has 1 aromatic rings. The molecule has 0 radical (unpaired) electrons. The lowest BCUT2D eigenvalue weighted by molar-refractivity contribution is -0.139. The molecule has 4 aliphatic rings. The summed E-state index contributed by atoms with van der Waals surface area (Å²) in [4.78, 5) is 13.0. The number of nitrogens with one attached hydrogen (secondary N) is 1. The Balaban J connectivity index is 1.62. The summed E-state index contributed by atoms with van der Waals surface area (Å²) in [5.74, 6) is 0.778. The molecule has 1 aromatic carbocycles. The van der Waals surface area contributed by atoms with Crippen LogP contribution in [0.5, 0.6) is 0 Å². The van der Waals surface area contributed by atoms with Gasteiger partial charge in [0.2, 0.25) is 5.91 Å². The largest absolute Gasteiger partial charge is 0.418 e. The molecule has 2 unspecified atom stereocenters. The molecule has 0 aromatic heterocycles. The minimum Gasteiger partial charge on any atom is -0.325 e. The number of amides is 1. The molecule has 0 aliphatic heterocycles. The van der Waals surface area contributed by atoms with Gasteiger partial charge in [0.1, 0.15) is 0 Å². The summed E-state index contributed by atoms with van der Waals surface area (Å²) in [5.41, 5.74) is -1.43. The molecule has 0 heterocycles. The molecule has 24 heavy (non-hydrogen) atoms. The maximum Gasteiger partial charge on any atom is 0.418 e. The van der Waals surface area contributed by atoms with Crippen molar-refractivity contribution in [2.45, 2.75) is 49.0 Å². The molecule has 2 nitrogen and oxygen atoms in total. The van der Waals surface area contributed by atoms with E-state index in [2.05, 4.69) is 21.2 Å². The van der Waals surface area contributed by atoms with Crippen LogP contribution in [0, 0.1) is 17.3 Å². The van der Waals surface area contributed by atoms with E-state index in [9.17, 15) is 18.0 Å². The Hall–Kier alpha value is -1.04. The summed E-state index contributed by atoms with van der Waals surface area (Å²) in [5, 5.41) is 2.61. The van der Waals surface area contributed by atoms with Crippen LogP contribution in [0.2, 0.25) is 0 Å². The van der Waals surface area contributed by atoms with Crippen molar-refractivity contribution in [2.75, 3.05) is 5.32 Å². The Morgan fingerprint density at radius 2 is 1.75 bits per heavy atom. The number of hydrogen-bond acceptors (Lipinski definition) is 1. The van der Waals surface area contributed by atoms with Gasteiger partial charge >= 0.3 is 6.18 Å². The second-order valence-corrected chi connectivity index (χ2v) is 9.57. The SMILES string of the molecule is O=C(Nc1ccccc1C(F)(F)F)C12CC3CC(CC(Br)(C3)C1)C2. The summed E-state index contributed by atoms with van der Waals surface area (Å²) in [7, 11) is 0. The van der Waals surface area contributed by atoms with Crippen molar-refractivity contribution in [2.24, 2.45) is 17.3 Å². The van der Waals surface area contributed by atoms with Gasteiger partial charge in [0, 0.05) is 4.32 Å². The third-order valence-electron chi connectivity index (χ3n) is 5.95. The highest BCUT2D eigenvalue weighted by Crippen LogP contribution is 2.64. The summed E-state index contributed by atoms with van der Waals surface area (Å²) >= 11 is 3.83. The van der Waals surface area contributed by atoms with Crippen LogP contribution >= 0.6 is 15.9 Å². The molecular formula is C18H19BrF3NO. The lowest BCUT2D eigenvalue weighted by Crippen LogP contribution is -2.57. The second-order valence-electron chi connectivity index (χ2n) is 7.89. The number of benzene rings is 1. The van der Waals surface area contributed by atoms with Crippen molar-refractivity contribution < 1.29 is 18.0 Å². The van der Waals surface area contributed by atoms with Crippen LogP contribution < -0.4 is 5.32 Å². The van der Waals surface area contributed by atoms with E-state index in [1.54, 1.807) is 0 Å². The van der Waals surface area contributed by atoms with Gasteiger partial charge in [-0.3, -0.25) is 4.79 Å². The van der Waals surface area contributed by atoms with Gasteiger partial charge in [0.15, 0.2) is 0 Å². The van der Waals surface area contributed by atoms with Crippen LogP contribution in [0.4, 0.5) is 18.9 Å². The standard InChI is InChI=1S/C18H19BrF3NO/c19-17-8-11-5-12(9-17)7-16(6-11,10-17)15(24)23-14-4-2-1-3-13(14)18(20,21)22/h1-4,11-12H,5-10H2,(H,23,24). The summed E-state index contributed by atoms with van der Waals surface area (Å²) in [6.07, 6.45) is 1.18. The lowest BCUT2D eigenvalue weighted by Gasteiger charge is -2.59. The van der Waals surface area contributed by atoms with E-state index < -0.39 is 17.2 Å². The summed E-state index contributed by atoms with van der Waals surface area (Å²) in [6.45, 7) is 0. The van der Waals surface area contributed by atoms with Crippen molar-refractivity contribution >= 4 is 27.5 Å². The minimum atomic E-state index is -4.47. The normalized spacial score (nSPS) is 37.5. The zero-order valence-corrected chi connectivity index (χ0v) is 14.7. The zero-order chi connectivity index (χ0) is 17.2. The van der Waals surface area contributed by atoms with Gasteiger partial charge in [-0.05, 0) is 62.5 Å². The van der Waals surface area contributed by atoms with E-state index in [0.717, 1.165) is 44.6 Å². The molecule has 2 atom stereocenters. The van der Waals surface area contributed by atoms with Crippen molar-refractivity contribution in [3.63, 3.8) is 0 Å². The number of carbonyl (C=O) groups excluding carboxylic acids is 1. The Bertz CT molecular complexity index is 673. The van der Waals surface area contributed by atoms with Gasteiger partial charge in [-0.2, -0.15) is 13.2 Å². The molecule has 0 saturated heterocycles. The number of para-hydroxylation sites is 1. The third kappa shape index (κ3) is 2.67. The quantitative estimate of drug-likeness (QED) is 0.662. The first-order chi connectivity index (χ1) is 11.2. The smallest absolute Gasteiger partial charge is 0.325 e. The van der Waals surface area contributed by atoms with Crippen molar-refractivity contribution in [3.8, 4) is 0 Å². The van der Waals surface area contributed by atoms with Crippen LogP contribution in [0.1, 0.15) is 44.1 Å². The Morgan fingerprint density at radius 3 is 2.33 bits per heavy atom. The third-order valence-corrected chi connectivity index (χ3v) is 6.88. The maximum atomic E-state index is 13.2. The molecule has 1 N–H and O–H groups in total. The molecule has 1 amide bonds. The van der Waals surface area contributed by atoms with E-state index in [-0.39, 0.29) is 15.9 Å². The van der Waals surface area contributed by atoms with Gasteiger partial charge < -0.3 is 5.32 Å². The Kier molecular flexibility index (Phi) is 3.58. The first-order valence-electron chi connectivity index (χ1n) is 8.36. The highest BCUT2D eigenvalue weighted by molar-refractivity contribution is 9.10. The van der Waals surface area contributed by atoms with E-state index in [1.165, 1.54) is 18.2 Å². The predicted octanol–water partition coefficient (Wildman–Crippen LogP) is 5.38. The van der Waals surface area contributed by atoms with Crippen LogP contribution in [0.15, 0.2) is 24.3 Å². The van der Waals surface area contributed by atoms with Crippen LogP contribution in [0.25, 0.3) is 0 Å². The molecular weight excluding hydrogens is 383 g/mol. The van der Waals surface area contributed by atoms with E-state index in [0.29, 0.717) is 11.8 Å². The summed E-state index contributed by atoms with van der Waals surface area (Å²) in [6, 6.07) is 5.22. The number of halogens is 4. The van der Waals surface area contributed by atoms with Crippen molar-refractivity contribution in [1.82, 2.24) is 0 Å². The number of carbonyl (C=O) groups is 1. The molecule has 0 spiro atoms. The van der Waals surface area contributed by atoms with Gasteiger partial charge in [-0.1, -0.05) is 28.1 Å². The molecule has 5 rings (SSSR count). The summed E-state index contributed by atoms with van der Waals surface area (Å²) < 4.78 is 39.5. The Labute approximate surface area is 147 Å². The molecule has 6 heteroatoms. The Morgan fingerprint density at radius 1 is 1.12 bits per heavy atom. The number of alkyl halides is 4. The fourth-order valence-electron chi connectivity index (χ4n) is 5.51. The van der Waals surface area contributed by atoms with Crippen molar-refractivity contribution in [1.29, 1.82) is 0 Å². The first-order valence-corrected chi connectivity index (χ1v) is 9.15. The van der Waals surface area contributed by atoms with Crippen LogP contribution in [-0.4, -0.2) is 10.2 Å². The molecule has 130 valence electrons. The fraction of sp³-hybridized carbons (Fsp3) is 0.611. The average Bonchev–Trinajstić information content (AvgIpc) is 2.44. The van der Waals surface area contributed by atoms with E-state index in [1.807, 2.05) is 0 Å². The molecule has 4 saturated carbocycles. The maximum absolute atomic E-state index is 13.2. The molecule has 4 aliphatic carbocycles. The van der Waals surface area contributed by atoms with Gasteiger partial charge in [-0.15, -0.1) is 0 Å². The highest BCUT2D eigenvalue weighted by atomic mass is 79.9. The fourth-order valence-corrected chi connectivity index (χ4v) is 6.96. The van der Waals surface area contributed by atoms with Crippen LogP contribution in [-0.2, 0) is 11.0 Å².